The van der Waals surface area contributed by atoms with Crippen molar-refractivity contribution in [1.82, 2.24) is 4.90 Å². The molecular formula is C24H29N3O5. The Labute approximate surface area is 188 Å². The third kappa shape index (κ3) is 4.85. The van der Waals surface area contributed by atoms with Crippen molar-refractivity contribution in [3.8, 4) is 11.5 Å². The predicted octanol–water partition coefficient (Wildman–Crippen LogP) is 3.18. The lowest BCUT2D eigenvalue weighted by molar-refractivity contribution is -0.122. The summed E-state index contributed by atoms with van der Waals surface area (Å²) in [6, 6.07) is 12.0. The van der Waals surface area contributed by atoms with E-state index in [9.17, 15) is 14.4 Å². The molecule has 1 unspecified atom stereocenters. The summed E-state index contributed by atoms with van der Waals surface area (Å²) in [6.45, 7) is 5.42. The molecule has 1 saturated heterocycles. The molecule has 1 atom stereocenters. The van der Waals surface area contributed by atoms with Crippen LogP contribution in [0, 0.1) is 5.92 Å². The van der Waals surface area contributed by atoms with Crippen molar-refractivity contribution in [3.05, 3.63) is 48.0 Å². The van der Waals surface area contributed by atoms with Crippen LogP contribution >= 0.6 is 0 Å². The quantitative estimate of drug-likeness (QED) is 0.683. The van der Waals surface area contributed by atoms with E-state index in [0.717, 1.165) is 0 Å². The van der Waals surface area contributed by atoms with Gasteiger partial charge >= 0.3 is 0 Å². The molecule has 0 aliphatic carbocycles. The Morgan fingerprint density at radius 3 is 2.28 bits per heavy atom. The van der Waals surface area contributed by atoms with Crippen LogP contribution in [0.2, 0.25) is 0 Å². The Bertz CT molecular complexity index is 986. The third-order valence-corrected chi connectivity index (χ3v) is 5.62. The van der Waals surface area contributed by atoms with Gasteiger partial charge in [0, 0.05) is 49.1 Å². The van der Waals surface area contributed by atoms with Crippen molar-refractivity contribution in [2.75, 3.05) is 44.1 Å². The van der Waals surface area contributed by atoms with E-state index >= 15 is 0 Å². The summed E-state index contributed by atoms with van der Waals surface area (Å²) in [5.74, 6) is 0.208. The minimum absolute atomic E-state index is 0.0418. The average molecular weight is 440 g/mol. The van der Waals surface area contributed by atoms with Gasteiger partial charge in [-0.25, -0.2) is 0 Å². The van der Waals surface area contributed by atoms with Crippen LogP contribution < -0.4 is 19.7 Å². The molecule has 2 aromatic rings. The van der Waals surface area contributed by atoms with E-state index < -0.39 is 5.92 Å². The van der Waals surface area contributed by atoms with E-state index in [1.165, 1.54) is 7.11 Å². The van der Waals surface area contributed by atoms with E-state index in [-0.39, 0.29) is 30.7 Å². The molecule has 0 spiro atoms. The van der Waals surface area contributed by atoms with Crippen LogP contribution in [-0.4, -0.2) is 56.5 Å². The predicted molar refractivity (Wildman–Crippen MR) is 122 cm³/mol. The number of hydrogen-bond acceptors (Lipinski definition) is 5. The molecule has 8 nitrogen and oxygen atoms in total. The number of nitrogens with one attached hydrogen (secondary N) is 1. The summed E-state index contributed by atoms with van der Waals surface area (Å²) in [4.78, 5) is 41.1. The first-order chi connectivity index (χ1) is 15.4. The van der Waals surface area contributed by atoms with Crippen molar-refractivity contribution in [3.63, 3.8) is 0 Å². The molecule has 0 radical (unpaired) electrons. The molecule has 3 rings (SSSR count). The maximum absolute atomic E-state index is 12.8. The minimum Gasteiger partial charge on any atom is -0.493 e. The Morgan fingerprint density at radius 2 is 1.69 bits per heavy atom. The second kappa shape index (κ2) is 10.2. The van der Waals surface area contributed by atoms with Gasteiger partial charge in [-0.3, -0.25) is 14.4 Å². The summed E-state index contributed by atoms with van der Waals surface area (Å²) in [5.41, 5.74) is 1.81. The molecule has 1 heterocycles. The highest BCUT2D eigenvalue weighted by atomic mass is 16.5. The lowest BCUT2D eigenvalue weighted by atomic mass is 10.1. The number of methoxy groups -OCH3 is 2. The van der Waals surface area contributed by atoms with Gasteiger partial charge in [0.2, 0.25) is 11.8 Å². The van der Waals surface area contributed by atoms with Gasteiger partial charge in [-0.1, -0.05) is 0 Å². The number of amides is 3. The molecule has 0 saturated carbocycles. The molecular weight excluding hydrogens is 410 g/mol. The molecule has 1 N–H and O–H groups in total. The van der Waals surface area contributed by atoms with Crippen molar-refractivity contribution in [2.24, 2.45) is 5.92 Å². The second-order valence-electron chi connectivity index (χ2n) is 7.49. The average Bonchev–Trinajstić information content (AvgIpc) is 3.21. The Balaban J connectivity index is 1.65. The molecule has 8 heteroatoms. The SMILES string of the molecule is CCN(CC)C(=O)c1ccc(NC(=O)C2CC(=O)N(c3ccc(OC)c(OC)c3)C2)cc1. The number of nitrogens with zero attached hydrogens (tertiary/aromatic N) is 2. The monoisotopic (exact) mass is 439 g/mol. The topological polar surface area (TPSA) is 88.2 Å². The number of benzene rings is 2. The highest BCUT2D eigenvalue weighted by Gasteiger charge is 2.35. The van der Waals surface area contributed by atoms with Crippen molar-refractivity contribution in [2.45, 2.75) is 20.3 Å². The van der Waals surface area contributed by atoms with Gasteiger partial charge in [0.1, 0.15) is 0 Å². The summed E-state index contributed by atoms with van der Waals surface area (Å²) in [7, 11) is 3.08. The van der Waals surface area contributed by atoms with Gasteiger partial charge in [0.25, 0.3) is 5.91 Å². The van der Waals surface area contributed by atoms with Crippen LogP contribution in [0.3, 0.4) is 0 Å². The first kappa shape index (κ1) is 23.1. The number of anilines is 2. The smallest absolute Gasteiger partial charge is 0.253 e. The highest BCUT2D eigenvalue weighted by Crippen LogP contribution is 2.34. The first-order valence-electron chi connectivity index (χ1n) is 10.6. The summed E-state index contributed by atoms with van der Waals surface area (Å²) in [6.07, 6.45) is 0.124. The van der Waals surface area contributed by atoms with E-state index in [4.69, 9.17) is 9.47 Å². The van der Waals surface area contributed by atoms with Crippen LogP contribution in [-0.2, 0) is 9.59 Å². The number of carbonyl (C=O) groups excluding carboxylic acids is 3. The maximum atomic E-state index is 12.8. The summed E-state index contributed by atoms with van der Waals surface area (Å²) < 4.78 is 10.6. The molecule has 1 aliphatic rings. The van der Waals surface area contributed by atoms with Crippen molar-refractivity contribution in [1.29, 1.82) is 0 Å². The molecule has 1 aliphatic heterocycles. The van der Waals surface area contributed by atoms with Gasteiger partial charge < -0.3 is 24.6 Å². The van der Waals surface area contributed by atoms with Crippen LogP contribution in [0.4, 0.5) is 11.4 Å². The Hall–Kier alpha value is -3.55. The van der Waals surface area contributed by atoms with E-state index in [1.54, 1.807) is 59.4 Å². The van der Waals surface area contributed by atoms with Crippen LogP contribution in [0.15, 0.2) is 42.5 Å². The van der Waals surface area contributed by atoms with Crippen LogP contribution in [0.5, 0.6) is 11.5 Å². The first-order valence-corrected chi connectivity index (χ1v) is 10.6. The number of rotatable bonds is 8. The molecule has 0 bridgehead atoms. The van der Waals surface area contributed by atoms with Gasteiger partial charge in [-0.05, 0) is 50.2 Å². The molecule has 32 heavy (non-hydrogen) atoms. The van der Waals surface area contributed by atoms with Gasteiger partial charge in [0.15, 0.2) is 11.5 Å². The van der Waals surface area contributed by atoms with Crippen molar-refractivity contribution >= 4 is 29.1 Å². The largest absolute Gasteiger partial charge is 0.493 e. The van der Waals surface area contributed by atoms with Crippen LogP contribution in [0.25, 0.3) is 0 Å². The number of hydrogen-bond donors (Lipinski definition) is 1. The number of carbonyl (C=O) groups is 3. The van der Waals surface area contributed by atoms with Gasteiger partial charge in [-0.15, -0.1) is 0 Å². The fourth-order valence-electron chi connectivity index (χ4n) is 3.76. The zero-order valence-electron chi connectivity index (χ0n) is 18.9. The van der Waals surface area contributed by atoms with Gasteiger partial charge in [0.05, 0.1) is 20.1 Å². The summed E-state index contributed by atoms with van der Waals surface area (Å²) in [5, 5.41) is 2.85. The van der Waals surface area contributed by atoms with E-state index in [2.05, 4.69) is 5.32 Å². The highest BCUT2D eigenvalue weighted by molar-refractivity contribution is 6.04. The van der Waals surface area contributed by atoms with Crippen molar-refractivity contribution < 1.29 is 23.9 Å². The van der Waals surface area contributed by atoms with E-state index in [1.807, 2.05) is 13.8 Å². The normalized spacial score (nSPS) is 15.4. The fourth-order valence-corrected chi connectivity index (χ4v) is 3.76. The molecule has 1 fully saturated rings. The van der Waals surface area contributed by atoms with Gasteiger partial charge in [-0.2, -0.15) is 0 Å². The van der Waals surface area contributed by atoms with Crippen LogP contribution in [0.1, 0.15) is 30.6 Å². The van der Waals surface area contributed by atoms with E-state index in [0.29, 0.717) is 41.5 Å². The fraction of sp³-hybridized carbons (Fsp3) is 0.375. The standard InChI is InChI=1S/C24H29N3O5/c1-5-26(6-2)24(30)16-7-9-18(10-8-16)25-23(29)17-13-22(28)27(15-17)19-11-12-20(31-3)21(14-19)32-4/h7-12,14,17H,5-6,13,15H2,1-4H3,(H,25,29). The zero-order chi connectivity index (χ0) is 23.3. The lowest BCUT2D eigenvalue weighted by Gasteiger charge is -2.19. The lowest BCUT2D eigenvalue weighted by Crippen LogP contribution is -2.30. The molecule has 170 valence electrons. The number of ether oxygens (including phenoxy) is 2. The minimum atomic E-state index is -0.479. The second-order valence-corrected chi connectivity index (χ2v) is 7.49. The Kier molecular flexibility index (Phi) is 7.35. The molecule has 2 aromatic carbocycles. The third-order valence-electron chi connectivity index (χ3n) is 5.62. The Morgan fingerprint density at radius 1 is 1.03 bits per heavy atom. The maximum Gasteiger partial charge on any atom is 0.253 e. The zero-order valence-corrected chi connectivity index (χ0v) is 18.9. The molecule has 3 amide bonds. The molecule has 0 aromatic heterocycles. The summed E-state index contributed by atoms with van der Waals surface area (Å²) >= 11 is 0.